The molecule has 0 amide bonds. The van der Waals surface area contributed by atoms with E-state index in [4.69, 9.17) is 4.98 Å². The lowest BCUT2D eigenvalue weighted by Crippen LogP contribution is -2.35. The summed E-state index contributed by atoms with van der Waals surface area (Å²) in [7, 11) is 0. The largest absolute Gasteiger partial charge is 0.361 e. The van der Waals surface area contributed by atoms with E-state index in [0.29, 0.717) is 12.4 Å². The van der Waals surface area contributed by atoms with E-state index in [1.165, 1.54) is 27.6 Å². The number of aromatic nitrogens is 3. The van der Waals surface area contributed by atoms with Crippen molar-refractivity contribution in [2.45, 2.75) is 33.4 Å². The highest BCUT2D eigenvalue weighted by atomic mass is 16.1. The quantitative estimate of drug-likeness (QED) is 0.559. The summed E-state index contributed by atoms with van der Waals surface area (Å²) in [4.78, 5) is 26.2. The molecule has 5 heteroatoms. The van der Waals surface area contributed by atoms with E-state index in [0.717, 1.165) is 36.3 Å². The Hall–Kier alpha value is -3.18. The van der Waals surface area contributed by atoms with Crippen molar-refractivity contribution in [2.75, 3.05) is 6.54 Å². The van der Waals surface area contributed by atoms with E-state index < -0.39 is 0 Å². The van der Waals surface area contributed by atoms with Gasteiger partial charge in [-0.05, 0) is 31.4 Å². The van der Waals surface area contributed by atoms with Crippen LogP contribution in [0.1, 0.15) is 27.9 Å². The molecule has 5 rings (SSSR count). The van der Waals surface area contributed by atoms with Crippen LogP contribution in [0.2, 0.25) is 0 Å². The summed E-state index contributed by atoms with van der Waals surface area (Å²) in [5.74, 6) is 0.651. The Kier molecular flexibility index (Phi) is 4.32. The third-order valence-electron chi connectivity index (χ3n) is 5.88. The zero-order valence-electron chi connectivity index (χ0n) is 16.7. The molecule has 0 spiro atoms. The van der Waals surface area contributed by atoms with Crippen LogP contribution in [-0.2, 0) is 19.5 Å². The molecule has 0 bridgehead atoms. The maximum Gasteiger partial charge on any atom is 0.254 e. The van der Waals surface area contributed by atoms with Crippen molar-refractivity contribution in [2.24, 2.45) is 0 Å². The van der Waals surface area contributed by atoms with Crippen molar-refractivity contribution in [1.29, 1.82) is 0 Å². The van der Waals surface area contributed by atoms with Gasteiger partial charge < -0.3 is 9.97 Å². The first kappa shape index (κ1) is 17.9. The maximum atomic E-state index is 12.6. The molecule has 2 aromatic carbocycles. The molecule has 0 aliphatic carbocycles. The molecule has 0 fully saturated rings. The molecule has 2 aromatic heterocycles. The van der Waals surface area contributed by atoms with Crippen molar-refractivity contribution in [3.63, 3.8) is 0 Å². The van der Waals surface area contributed by atoms with Crippen LogP contribution in [0.25, 0.3) is 22.3 Å². The van der Waals surface area contributed by atoms with Crippen molar-refractivity contribution < 1.29 is 0 Å². The molecule has 146 valence electrons. The fraction of sp³-hybridized carbons (Fsp3) is 0.250. The fourth-order valence-electron chi connectivity index (χ4n) is 4.21. The minimum atomic E-state index is -0.00653. The number of H-pyrrole nitrogens is 2. The molecule has 1 aliphatic heterocycles. The van der Waals surface area contributed by atoms with Crippen LogP contribution < -0.4 is 5.56 Å². The molecule has 29 heavy (non-hydrogen) atoms. The third kappa shape index (κ3) is 3.28. The van der Waals surface area contributed by atoms with Gasteiger partial charge in [0.25, 0.3) is 5.56 Å². The topological polar surface area (TPSA) is 64.8 Å². The van der Waals surface area contributed by atoms with Crippen molar-refractivity contribution in [3.05, 3.63) is 87.0 Å². The van der Waals surface area contributed by atoms with Gasteiger partial charge in [-0.3, -0.25) is 9.69 Å². The second-order valence-electron chi connectivity index (χ2n) is 7.98. The molecule has 0 saturated heterocycles. The van der Waals surface area contributed by atoms with Crippen LogP contribution in [0.5, 0.6) is 0 Å². The van der Waals surface area contributed by atoms with Crippen molar-refractivity contribution >= 4 is 10.9 Å². The fourth-order valence-corrected chi connectivity index (χ4v) is 4.21. The second-order valence-corrected chi connectivity index (χ2v) is 7.98. The Morgan fingerprint density at radius 1 is 1.10 bits per heavy atom. The molecule has 0 saturated carbocycles. The van der Waals surface area contributed by atoms with Crippen LogP contribution in [-0.4, -0.2) is 26.4 Å². The Morgan fingerprint density at radius 3 is 2.76 bits per heavy atom. The SMILES string of the molecule is Cc1ccc(-c2nc3c(c(=O)[nH]2)CCN(Cc2c[nH]c4c(C)cccc24)C3)cc1. The van der Waals surface area contributed by atoms with Gasteiger partial charge in [-0.15, -0.1) is 0 Å². The van der Waals surface area contributed by atoms with Gasteiger partial charge in [0.2, 0.25) is 0 Å². The van der Waals surface area contributed by atoms with E-state index in [2.05, 4.69) is 53.1 Å². The van der Waals surface area contributed by atoms with E-state index in [9.17, 15) is 4.79 Å². The van der Waals surface area contributed by atoms with E-state index >= 15 is 0 Å². The maximum absolute atomic E-state index is 12.6. The highest BCUT2D eigenvalue weighted by Crippen LogP contribution is 2.25. The predicted molar refractivity (Wildman–Crippen MR) is 116 cm³/mol. The van der Waals surface area contributed by atoms with E-state index in [1.807, 2.05) is 24.3 Å². The zero-order valence-corrected chi connectivity index (χ0v) is 16.7. The van der Waals surface area contributed by atoms with Gasteiger partial charge in [0.1, 0.15) is 5.82 Å². The molecule has 5 nitrogen and oxygen atoms in total. The minimum Gasteiger partial charge on any atom is -0.361 e. The number of aromatic amines is 2. The van der Waals surface area contributed by atoms with Crippen LogP contribution in [0.3, 0.4) is 0 Å². The van der Waals surface area contributed by atoms with Crippen LogP contribution in [0, 0.1) is 13.8 Å². The molecular formula is C24H24N4O. The number of aryl methyl sites for hydroxylation is 2. The highest BCUT2D eigenvalue weighted by molar-refractivity contribution is 5.85. The number of nitrogens with zero attached hydrogens (tertiary/aromatic N) is 2. The van der Waals surface area contributed by atoms with E-state index in [-0.39, 0.29) is 5.56 Å². The van der Waals surface area contributed by atoms with Gasteiger partial charge >= 0.3 is 0 Å². The number of hydrogen-bond donors (Lipinski definition) is 2. The number of fused-ring (bicyclic) bond motifs is 2. The molecule has 0 atom stereocenters. The second kappa shape index (κ2) is 7.01. The van der Waals surface area contributed by atoms with Crippen molar-refractivity contribution in [3.8, 4) is 11.4 Å². The smallest absolute Gasteiger partial charge is 0.254 e. The first-order valence-corrected chi connectivity index (χ1v) is 10.1. The Balaban J connectivity index is 1.44. The normalized spacial score (nSPS) is 14.3. The summed E-state index contributed by atoms with van der Waals surface area (Å²) in [6, 6.07) is 14.5. The molecule has 3 heterocycles. The average Bonchev–Trinajstić information content (AvgIpc) is 3.12. The zero-order chi connectivity index (χ0) is 20.0. The van der Waals surface area contributed by atoms with Gasteiger partial charge in [-0.2, -0.15) is 0 Å². The highest BCUT2D eigenvalue weighted by Gasteiger charge is 2.22. The monoisotopic (exact) mass is 384 g/mol. The van der Waals surface area contributed by atoms with Crippen LogP contribution >= 0.6 is 0 Å². The van der Waals surface area contributed by atoms with E-state index in [1.54, 1.807) is 0 Å². The standard InChI is InChI=1S/C24H24N4O/c1-15-6-8-17(9-7-15)23-26-21-14-28(11-10-20(21)24(29)27-23)13-18-12-25-22-16(2)4-3-5-19(18)22/h3-9,12,25H,10-11,13-14H2,1-2H3,(H,26,27,29). The Labute approximate surface area is 169 Å². The lowest BCUT2D eigenvalue weighted by molar-refractivity contribution is 0.241. The van der Waals surface area contributed by atoms with Crippen LogP contribution in [0.15, 0.2) is 53.5 Å². The summed E-state index contributed by atoms with van der Waals surface area (Å²) in [6.45, 7) is 6.58. The summed E-state index contributed by atoms with van der Waals surface area (Å²) in [6.07, 6.45) is 2.84. The van der Waals surface area contributed by atoms with Gasteiger partial charge in [-0.25, -0.2) is 4.98 Å². The Bertz CT molecular complexity index is 1250. The van der Waals surface area contributed by atoms with Gasteiger partial charge in [0.05, 0.1) is 5.69 Å². The molecule has 0 radical (unpaired) electrons. The van der Waals surface area contributed by atoms with Gasteiger partial charge in [0.15, 0.2) is 0 Å². The number of hydrogen-bond acceptors (Lipinski definition) is 3. The number of rotatable bonds is 3. The first-order valence-electron chi connectivity index (χ1n) is 10.1. The van der Waals surface area contributed by atoms with Gasteiger partial charge in [-0.1, -0.05) is 48.0 Å². The first-order chi connectivity index (χ1) is 14.1. The third-order valence-corrected chi connectivity index (χ3v) is 5.88. The lowest BCUT2D eigenvalue weighted by Gasteiger charge is -2.27. The summed E-state index contributed by atoms with van der Waals surface area (Å²) in [5, 5.41) is 1.27. The number of nitrogens with one attached hydrogen (secondary N) is 2. The molecule has 1 aliphatic rings. The molecule has 0 unspecified atom stereocenters. The predicted octanol–water partition coefficient (Wildman–Crippen LogP) is 4.09. The minimum absolute atomic E-state index is 0.00653. The van der Waals surface area contributed by atoms with Crippen molar-refractivity contribution in [1.82, 2.24) is 19.9 Å². The number of benzene rings is 2. The summed E-state index contributed by atoms with van der Waals surface area (Å²) < 4.78 is 0. The summed E-state index contributed by atoms with van der Waals surface area (Å²) >= 11 is 0. The molecular weight excluding hydrogens is 360 g/mol. The van der Waals surface area contributed by atoms with Gasteiger partial charge in [0, 0.05) is 47.9 Å². The lowest BCUT2D eigenvalue weighted by atomic mass is 10.0. The summed E-state index contributed by atoms with van der Waals surface area (Å²) in [5.41, 5.74) is 7.60. The Morgan fingerprint density at radius 2 is 1.93 bits per heavy atom. The number of para-hydroxylation sites is 1. The molecule has 4 aromatic rings. The van der Waals surface area contributed by atoms with Crippen LogP contribution in [0.4, 0.5) is 0 Å². The molecule has 2 N–H and O–H groups in total. The average molecular weight is 384 g/mol.